The minimum Gasteiger partial charge on any atom is -0.383 e. The summed E-state index contributed by atoms with van der Waals surface area (Å²) in [5, 5.41) is 5.00. The molecule has 0 unspecified atom stereocenters. The molecule has 1 aromatic heterocycles. The van der Waals surface area contributed by atoms with Gasteiger partial charge in [-0.05, 0) is 17.7 Å². The molecule has 4 nitrogen and oxygen atoms in total. The minimum absolute atomic E-state index is 0.423. The van der Waals surface area contributed by atoms with Crippen LogP contribution >= 0.6 is 11.6 Å². The summed E-state index contributed by atoms with van der Waals surface area (Å²) >= 11 is 5.98. The number of nitrogens with zero attached hydrogens (tertiary/aromatic N) is 2. The Morgan fingerprint density at radius 1 is 1.47 bits per heavy atom. The Kier molecular flexibility index (Phi) is 3.36. The van der Waals surface area contributed by atoms with Crippen LogP contribution in [0.15, 0.2) is 24.3 Å². The largest absolute Gasteiger partial charge is 0.383 e. The smallest absolute Gasteiger partial charge is 0.129 e. The second-order valence-electron chi connectivity index (χ2n) is 3.77. The summed E-state index contributed by atoms with van der Waals surface area (Å²) in [7, 11) is 3.44. The quantitative estimate of drug-likeness (QED) is 0.912. The molecule has 0 aliphatic heterocycles. The van der Waals surface area contributed by atoms with E-state index in [1.54, 1.807) is 11.8 Å². The van der Waals surface area contributed by atoms with Crippen LogP contribution in [-0.4, -0.2) is 16.9 Å². The van der Waals surface area contributed by atoms with Gasteiger partial charge in [-0.15, -0.1) is 0 Å². The number of hydrogen-bond donors (Lipinski definition) is 1. The van der Waals surface area contributed by atoms with Crippen molar-refractivity contribution in [2.75, 3.05) is 12.8 Å². The van der Waals surface area contributed by atoms with E-state index in [1.165, 1.54) is 0 Å². The number of rotatable bonds is 3. The monoisotopic (exact) mass is 251 g/mol. The first kappa shape index (κ1) is 12.0. The Labute approximate surface area is 105 Å². The number of anilines is 1. The highest BCUT2D eigenvalue weighted by atomic mass is 35.5. The van der Waals surface area contributed by atoms with Gasteiger partial charge >= 0.3 is 0 Å². The molecule has 1 heterocycles. The number of nitrogens with two attached hydrogens (primary N) is 1. The molecule has 2 rings (SSSR count). The van der Waals surface area contributed by atoms with Gasteiger partial charge in [0.05, 0.1) is 12.3 Å². The van der Waals surface area contributed by atoms with Gasteiger partial charge in [-0.2, -0.15) is 5.10 Å². The first-order valence-corrected chi connectivity index (χ1v) is 5.57. The fourth-order valence-electron chi connectivity index (χ4n) is 1.79. The number of nitrogen functional groups attached to an aromatic ring is 1. The molecule has 0 saturated carbocycles. The highest BCUT2D eigenvalue weighted by molar-refractivity contribution is 6.30. The van der Waals surface area contributed by atoms with Crippen molar-refractivity contribution in [1.29, 1.82) is 0 Å². The lowest BCUT2D eigenvalue weighted by molar-refractivity contribution is 0.181. The molecular weight excluding hydrogens is 238 g/mol. The normalized spacial score (nSPS) is 10.8. The second kappa shape index (κ2) is 4.77. The second-order valence-corrected chi connectivity index (χ2v) is 4.21. The van der Waals surface area contributed by atoms with Crippen molar-refractivity contribution >= 4 is 17.4 Å². The Hall–Kier alpha value is -1.52. The highest BCUT2D eigenvalue weighted by Gasteiger charge is 2.15. The molecule has 5 heteroatoms. The van der Waals surface area contributed by atoms with Gasteiger partial charge in [0.25, 0.3) is 0 Å². The molecule has 0 fully saturated rings. The number of aryl methyl sites for hydroxylation is 1. The fourth-order valence-corrected chi connectivity index (χ4v) is 1.98. The summed E-state index contributed by atoms with van der Waals surface area (Å²) in [6.45, 7) is 0.423. The Balaban J connectivity index is 2.57. The van der Waals surface area contributed by atoms with Gasteiger partial charge in [-0.3, -0.25) is 4.68 Å². The maximum atomic E-state index is 6.02. The van der Waals surface area contributed by atoms with E-state index < -0.39 is 0 Å². The molecule has 2 N–H and O–H groups in total. The maximum Gasteiger partial charge on any atom is 0.129 e. The van der Waals surface area contributed by atoms with Crippen LogP contribution in [-0.2, 0) is 18.4 Å². The topological polar surface area (TPSA) is 53.1 Å². The third-order valence-electron chi connectivity index (χ3n) is 2.56. The van der Waals surface area contributed by atoms with Gasteiger partial charge in [-0.25, -0.2) is 0 Å². The van der Waals surface area contributed by atoms with Crippen LogP contribution in [0.25, 0.3) is 11.1 Å². The van der Waals surface area contributed by atoms with E-state index in [1.807, 2.05) is 31.3 Å². The van der Waals surface area contributed by atoms with E-state index in [9.17, 15) is 0 Å². The highest BCUT2D eigenvalue weighted by Crippen LogP contribution is 2.31. The van der Waals surface area contributed by atoms with Gasteiger partial charge in [0.1, 0.15) is 5.82 Å². The summed E-state index contributed by atoms with van der Waals surface area (Å²) in [6.07, 6.45) is 0. The molecule has 90 valence electrons. The SMILES string of the molecule is COCc1nn(C)c(N)c1-c1cccc(Cl)c1. The lowest BCUT2D eigenvalue weighted by Crippen LogP contribution is -1.98. The number of hydrogen-bond acceptors (Lipinski definition) is 3. The molecular formula is C12H14ClN3O. The van der Waals surface area contributed by atoms with Crippen LogP contribution in [0, 0.1) is 0 Å². The summed E-state index contributed by atoms with van der Waals surface area (Å²) in [4.78, 5) is 0. The first-order chi connectivity index (χ1) is 8.13. The lowest BCUT2D eigenvalue weighted by Gasteiger charge is -2.04. The molecule has 0 saturated heterocycles. The summed E-state index contributed by atoms with van der Waals surface area (Å²) in [5.74, 6) is 0.610. The van der Waals surface area contributed by atoms with Crippen molar-refractivity contribution in [2.24, 2.45) is 7.05 Å². The van der Waals surface area contributed by atoms with Crippen LogP contribution in [0.4, 0.5) is 5.82 Å². The molecule has 0 bridgehead atoms. The van der Waals surface area contributed by atoms with E-state index in [0.29, 0.717) is 17.4 Å². The minimum atomic E-state index is 0.423. The Morgan fingerprint density at radius 2 is 2.24 bits per heavy atom. The van der Waals surface area contributed by atoms with Crippen molar-refractivity contribution in [3.05, 3.63) is 35.0 Å². The summed E-state index contributed by atoms with van der Waals surface area (Å²) < 4.78 is 6.77. The average molecular weight is 252 g/mol. The molecule has 2 aromatic rings. The summed E-state index contributed by atoms with van der Waals surface area (Å²) in [6, 6.07) is 7.54. The maximum absolute atomic E-state index is 6.02. The number of aromatic nitrogens is 2. The molecule has 0 aliphatic rings. The molecule has 0 amide bonds. The molecule has 1 aromatic carbocycles. The van der Waals surface area contributed by atoms with Crippen LogP contribution in [0.1, 0.15) is 5.69 Å². The average Bonchev–Trinajstić information content (AvgIpc) is 2.55. The van der Waals surface area contributed by atoms with Gasteiger partial charge in [0.2, 0.25) is 0 Å². The van der Waals surface area contributed by atoms with Crippen LogP contribution in [0.5, 0.6) is 0 Å². The van der Waals surface area contributed by atoms with Crippen molar-refractivity contribution in [3.63, 3.8) is 0 Å². The predicted octanol–water partition coefficient (Wildman–Crippen LogP) is 2.47. The van der Waals surface area contributed by atoms with Gasteiger partial charge < -0.3 is 10.5 Å². The lowest BCUT2D eigenvalue weighted by atomic mass is 10.1. The first-order valence-electron chi connectivity index (χ1n) is 5.19. The number of benzene rings is 1. The standard InChI is InChI=1S/C12H14ClN3O/c1-16-12(14)11(10(15-16)7-17-2)8-4-3-5-9(13)6-8/h3-6H,7,14H2,1-2H3. The van der Waals surface area contributed by atoms with E-state index in [-0.39, 0.29) is 0 Å². The van der Waals surface area contributed by atoms with E-state index in [2.05, 4.69) is 5.10 Å². The van der Waals surface area contributed by atoms with Gasteiger partial charge in [0.15, 0.2) is 0 Å². The van der Waals surface area contributed by atoms with E-state index >= 15 is 0 Å². The van der Waals surface area contributed by atoms with E-state index in [4.69, 9.17) is 22.1 Å². The van der Waals surface area contributed by atoms with Gasteiger partial charge in [0, 0.05) is 24.7 Å². The third-order valence-corrected chi connectivity index (χ3v) is 2.79. The molecule has 0 atom stereocenters. The zero-order valence-electron chi connectivity index (χ0n) is 9.77. The number of halogens is 1. The third kappa shape index (κ3) is 2.28. The van der Waals surface area contributed by atoms with Crippen molar-refractivity contribution in [2.45, 2.75) is 6.61 Å². The molecule has 0 aliphatic carbocycles. The van der Waals surface area contributed by atoms with Crippen LogP contribution < -0.4 is 5.73 Å². The number of methoxy groups -OCH3 is 1. The van der Waals surface area contributed by atoms with E-state index in [0.717, 1.165) is 16.8 Å². The van der Waals surface area contributed by atoms with Crippen molar-refractivity contribution in [3.8, 4) is 11.1 Å². The fraction of sp³-hybridized carbons (Fsp3) is 0.250. The Bertz CT molecular complexity index is 537. The van der Waals surface area contributed by atoms with Gasteiger partial charge in [-0.1, -0.05) is 23.7 Å². The molecule has 0 radical (unpaired) electrons. The Morgan fingerprint density at radius 3 is 2.88 bits per heavy atom. The predicted molar refractivity (Wildman–Crippen MR) is 68.8 cm³/mol. The zero-order valence-corrected chi connectivity index (χ0v) is 10.5. The van der Waals surface area contributed by atoms with Crippen molar-refractivity contribution in [1.82, 2.24) is 9.78 Å². The van der Waals surface area contributed by atoms with Crippen LogP contribution in [0.3, 0.4) is 0 Å². The van der Waals surface area contributed by atoms with Crippen LogP contribution in [0.2, 0.25) is 5.02 Å². The van der Waals surface area contributed by atoms with Crippen molar-refractivity contribution < 1.29 is 4.74 Å². The molecule has 0 spiro atoms. The summed E-state index contributed by atoms with van der Waals surface area (Å²) in [5.41, 5.74) is 8.67. The zero-order chi connectivity index (χ0) is 12.4. The molecule has 17 heavy (non-hydrogen) atoms. The number of ether oxygens (including phenoxy) is 1.